The summed E-state index contributed by atoms with van der Waals surface area (Å²) >= 11 is 0. The standard InChI is InChI=1S/C19H16N2O4/c1-11(22)20-12-6-7-14-13-4-2-3-5-15(13)19(16(14)10-12)21-17(23)8-9-18(24)25/h2-10,19H,1H3,(H,20,22)(H,21,23)(H,24,25)/b9-8-/t19-/m0/s1. The highest BCUT2D eigenvalue weighted by Crippen LogP contribution is 2.44. The number of benzene rings is 2. The van der Waals surface area contributed by atoms with Gasteiger partial charge in [-0.05, 0) is 34.4 Å². The molecule has 126 valence electrons. The van der Waals surface area contributed by atoms with Crippen molar-refractivity contribution in [3.05, 3.63) is 65.7 Å². The summed E-state index contributed by atoms with van der Waals surface area (Å²) in [4.78, 5) is 33.9. The van der Waals surface area contributed by atoms with Gasteiger partial charge in [-0.25, -0.2) is 4.79 Å². The van der Waals surface area contributed by atoms with E-state index in [0.29, 0.717) is 5.69 Å². The summed E-state index contributed by atoms with van der Waals surface area (Å²) in [5.74, 6) is -1.87. The monoisotopic (exact) mass is 336 g/mol. The minimum Gasteiger partial charge on any atom is -0.478 e. The molecule has 0 unspecified atom stereocenters. The van der Waals surface area contributed by atoms with Crippen molar-refractivity contribution in [1.82, 2.24) is 5.32 Å². The fourth-order valence-electron chi connectivity index (χ4n) is 2.98. The molecule has 6 heteroatoms. The molecule has 1 atom stereocenters. The number of amides is 2. The number of carbonyl (C=O) groups excluding carboxylic acids is 2. The lowest BCUT2D eigenvalue weighted by atomic mass is 10.0. The van der Waals surface area contributed by atoms with Crippen LogP contribution in [0.2, 0.25) is 0 Å². The summed E-state index contributed by atoms with van der Waals surface area (Å²) in [7, 11) is 0. The Morgan fingerprint density at radius 3 is 2.44 bits per heavy atom. The van der Waals surface area contributed by atoms with E-state index in [1.807, 2.05) is 42.5 Å². The first-order valence-corrected chi connectivity index (χ1v) is 7.68. The van der Waals surface area contributed by atoms with E-state index in [0.717, 1.165) is 34.4 Å². The predicted octanol–water partition coefficient (Wildman–Crippen LogP) is 2.47. The summed E-state index contributed by atoms with van der Waals surface area (Å²) in [6.45, 7) is 1.43. The SMILES string of the molecule is CC(=O)Nc1ccc2c(c1)[C@@H](NC(=O)/C=C\C(=O)O)c1ccccc1-2. The highest BCUT2D eigenvalue weighted by molar-refractivity contribution is 5.95. The summed E-state index contributed by atoms with van der Waals surface area (Å²) in [6.07, 6.45) is 1.78. The Morgan fingerprint density at radius 2 is 1.72 bits per heavy atom. The van der Waals surface area contributed by atoms with Crippen molar-refractivity contribution in [2.45, 2.75) is 13.0 Å². The van der Waals surface area contributed by atoms with Crippen molar-refractivity contribution < 1.29 is 19.5 Å². The van der Waals surface area contributed by atoms with Gasteiger partial charge >= 0.3 is 5.97 Å². The Kier molecular flexibility index (Phi) is 4.35. The molecule has 0 saturated heterocycles. The van der Waals surface area contributed by atoms with E-state index in [1.165, 1.54) is 6.92 Å². The molecule has 3 rings (SSSR count). The zero-order chi connectivity index (χ0) is 18.0. The molecule has 0 heterocycles. The van der Waals surface area contributed by atoms with E-state index < -0.39 is 17.9 Å². The Labute approximate surface area is 144 Å². The highest BCUT2D eigenvalue weighted by Gasteiger charge is 2.29. The number of fused-ring (bicyclic) bond motifs is 3. The first-order chi connectivity index (χ1) is 12.0. The molecule has 6 nitrogen and oxygen atoms in total. The van der Waals surface area contributed by atoms with Crippen LogP contribution in [-0.2, 0) is 14.4 Å². The summed E-state index contributed by atoms with van der Waals surface area (Å²) in [5.41, 5.74) is 4.38. The molecule has 0 spiro atoms. The van der Waals surface area contributed by atoms with Crippen molar-refractivity contribution in [3.63, 3.8) is 0 Å². The number of anilines is 1. The number of rotatable bonds is 4. The van der Waals surface area contributed by atoms with Crippen LogP contribution in [0, 0.1) is 0 Å². The second kappa shape index (κ2) is 6.60. The molecule has 1 aliphatic carbocycles. The fourth-order valence-corrected chi connectivity index (χ4v) is 2.98. The van der Waals surface area contributed by atoms with Crippen LogP contribution in [-0.4, -0.2) is 22.9 Å². The van der Waals surface area contributed by atoms with Crippen molar-refractivity contribution in [2.75, 3.05) is 5.32 Å². The quantitative estimate of drug-likeness (QED) is 0.748. The molecular weight excluding hydrogens is 320 g/mol. The van der Waals surface area contributed by atoms with Gasteiger partial charge in [-0.15, -0.1) is 0 Å². The maximum atomic E-state index is 12.1. The topological polar surface area (TPSA) is 95.5 Å². The largest absolute Gasteiger partial charge is 0.478 e. The number of carbonyl (C=O) groups is 3. The van der Waals surface area contributed by atoms with Crippen LogP contribution in [0.15, 0.2) is 54.6 Å². The normalized spacial score (nSPS) is 14.7. The third-order valence-corrected chi connectivity index (χ3v) is 3.91. The zero-order valence-electron chi connectivity index (χ0n) is 13.4. The van der Waals surface area contributed by atoms with Gasteiger partial charge in [0.15, 0.2) is 0 Å². The van der Waals surface area contributed by atoms with Gasteiger partial charge in [0.25, 0.3) is 0 Å². The van der Waals surface area contributed by atoms with E-state index >= 15 is 0 Å². The van der Waals surface area contributed by atoms with Crippen molar-refractivity contribution >= 4 is 23.5 Å². The van der Waals surface area contributed by atoms with E-state index in [9.17, 15) is 14.4 Å². The van der Waals surface area contributed by atoms with Gasteiger partial charge in [-0.3, -0.25) is 9.59 Å². The molecule has 0 aliphatic heterocycles. The van der Waals surface area contributed by atoms with Gasteiger partial charge in [0, 0.05) is 24.8 Å². The average molecular weight is 336 g/mol. The lowest BCUT2D eigenvalue weighted by molar-refractivity contribution is -0.131. The molecule has 0 radical (unpaired) electrons. The van der Waals surface area contributed by atoms with Gasteiger partial charge in [-0.1, -0.05) is 30.3 Å². The zero-order valence-corrected chi connectivity index (χ0v) is 13.4. The molecule has 0 aromatic heterocycles. The molecule has 0 saturated carbocycles. The Morgan fingerprint density at radius 1 is 1.00 bits per heavy atom. The number of aliphatic carboxylic acids is 1. The van der Waals surface area contributed by atoms with Crippen LogP contribution in [0.25, 0.3) is 11.1 Å². The number of carboxylic acids is 1. The third kappa shape index (κ3) is 3.42. The predicted molar refractivity (Wildman–Crippen MR) is 92.9 cm³/mol. The van der Waals surface area contributed by atoms with Crippen LogP contribution < -0.4 is 10.6 Å². The average Bonchev–Trinajstić information content (AvgIpc) is 2.86. The molecule has 0 fully saturated rings. The van der Waals surface area contributed by atoms with Crippen molar-refractivity contribution in [1.29, 1.82) is 0 Å². The van der Waals surface area contributed by atoms with Gasteiger partial charge in [0.2, 0.25) is 11.8 Å². The summed E-state index contributed by atoms with van der Waals surface area (Å²) in [5, 5.41) is 14.2. The Bertz CT molecular complexity index is 902. The maximum Gasteiger partial charge on any atom is 0.328 e. The maximum absolute atomic E-state index is 12.1. The third-order valence-electron chi connectivity index (χ3n) is 3.91. The van der Waals surface area contributed by atoms with E-state index in [1.54, 1.807) is 0 Å². The van der Waals surface area contributed by atoms with Crippen LogP contribution in [0.4, 0.5) is 5.69 Å². The second-order valence-corrected chi connectivity index (χ2v) is 5.68. The molecule has 25 heavy (non-hydrogen) atoms. The summed E-state index contributed by atoms with van der Waals surface area (Å²) in [6, 6.07) is 12.8. The Balaban J connectivity index is 1.99. The minimum absolute atomic E-state index is 0.180. The molecule has 0 bridgehead atoms. The number of nitrogens with one attached hydrogen (secondary N) is 2. The molecule has 3 N–H and O–H groups in total. The Hall–Kier alpha value is -3.41. The van der Waals surface area contributed by atoms with Crippen LogP contribution >= 0.6 is 0 Å². The first-order valence-electron chi connectivity index (χ1n) is 7.68. The van der Waals surface area contributed by atoms with E-state index in [2.05, 4.69) is 10.6 Å². The van der Waals surface area contributed by atoms with E-state index in [-0.39, 0.29) is 5.91 Å². The molecule has 1 aliphatic rings. The molecular formula is C19H16N2O4. The molecule has 2 amide bonds. The van der Waals surface area contributed by atoms with Gasteiger partial charge < -0.3 is 15.7 Å². The van der Waals surface area contributed by atoms with Crippen LogP contribution in [0.5, 0.6) is 0 Å². The molecule has 2 aromatic carbocycles. The number of hydrogen-bond donors (Lipinski definition) is 3. The van der Waals surface area contributed by atoms with Gasteiger partial charge in [0.1, 0.15) is 0 Å². The minimum atomic E-state index is -1.18. The van der Waals surface area contributed by atoms with Crippen LogP contribution in [0.1, 0.15) is 24.1 Å². The van der Waals surface area contributed by atoms with Crippen molar-refractivity contribution in [3.8, 4) is 11.1 Å². The number of hydrogen-bond acceptors (Lipinski definition) is 3. The van der Waals surface area contributed by atoms with Crippen molar-refractivity contribution in [2.24, 2.45) is 0 Å². The molecule has 2 aromatic rings. The fraction of sp³-hybridized carbons (Fsp3) is 0.105. The lowest BCUT2D eigenvalue weighted by Gasteiger charge is -2.15. The first kappa shape index (κ1) is 16.4. The smallest absolute Gasteiger partial charge is 0.328 e. The summed E-state index contributed by atoms with van der Waals surface area (Å²) < 4.78 is 0. The number of carboxylic acid groups (broad SMARTS) is 1. The lowest BCUT2D eigenvalue weighted by Crippen LogP contribution is -2.26. The van der Waals surface area contributed by atoms with E-state index in [4.69, 9.17) is 5.11 Å². The second-order valence-electron chi connectivity index (χ2n) is 5.68. The van der Waals surface area contributed by atoms with Gasteiger partial charge in [0.05, 0.1) is 6.04 Å². The van der Waals surface area contributed by atoms with Crippen LogP contribution in [0.3, 0.4) is 0 Å². The highest BCUT2D eigenvalue weighted by atomic mass is 16.4. The van der Waals surface area contributed by atoms with Gasteiger partial charge in [-0.2, -0.15) is 0 Å².